The molecule has 0 spiro atoms. The van der Waals surface area contributed by atoms with Crippen LogP contribution in [-0.4, -0.2) is 17.2 Å². The van der Waals surface area contributed by atoms with Crippen molar-refractivity contribution in [1.29, 1.82) is 0 Å². The molecule has 0 aliphatic carbocycles. The minimum atomic E-state index is -0.528. The number of furan rings is 1. The van der Waals surface area contributed by atoms with Crippen molar-refractivity contribution in [1.82, 2.24) is 5.43 Å². The number of hydrazone groups is 1. The summed E-state index contributed by atoms with van der Waals surface area (Å²) >= 11 is 9.11. The van der Waals surface area contributed by atoms with E-state index in [0.717, 1.165) is 5.56 Å². The molecule has 3 rings (SSSR count). The fourth-order valence-electron chi connectivity index (χ4n) is 2.10. The summed E-state index contributed by atoms with van der Waals surface area (Å²) in [6, 6.07) is 15.3. The van der Waals surface area contributed by atoms with Crippen molar-refractivity contribution < 1.29 is 14.3 Å². The molecule has 1 aromatic heterocycles. The van der Waals surface area contributed by atoms with Crippen LogP contribution in [-0.2, 0) is 0 Å². The zero-order valence-corrected chi connectivity index (χ0v) is 15.1. The molecule has 0 bridgehead atoms. The number of hydrogen-bond donors (Lipinski definition) is 2. The standard InChI is InChI=1S/C18H12BrClN2O3/c19-12-3-7-16(23)15(9-12)18(24)22-21-10-14-6-8-17(25-14)11-1-4-13(20)5-2-11/h1-10,23H,(H,22,24). The molecule has 1 amide bonds. The second-order valence-electron chi connectivity index (χ2n) is 5.07. The normalized spacial score (nSPS) is 11.0. The Morgan fingerprint density at radius 1 is 1.16 bits per heavy atom. The topological polar surface area (TPSA) is 74.8 Å². The summed E-state index contributed by atoms with van der Waals surface area (Å²) in [5, 5.41) is 14.2. The number of amides is 1. The van der Waals surface area contributed by atoms with Crippen LogP contribution in [0.25, 0.3) is 11.3 Å². The van der Waals surface area contributed by atoms with E-state index in [1.165, 1.54) is 18.3 Å². The third-order valence-electron chi connectivity index (χ3n) is 3.32. The van der Waals surface area contributed by atoms with Crippen LogP contribution in [0.4, 0.5) is 0 Å². The maximum absolute atomic E-state index is 12.0. The third-order valence-corrected chi connectivity index (χ3v) is 4.06. The Hall–Kier alpha value is -2.57. The third kappa shape index (κ3) is 4.29. The highest BCUT2D eigenvalue weighted by atomic mass is 79.9. The molecule has 25 heavy (non-hydrogen) atoms. The predicted molar refractivity (Wildman–Crippen MR) is 100 cm³/mol. The Bertz CT molecular complexity index is 936. The predicted octanol–water partition coefficient (Wildman–Crippen LogP) is 4.83. The zero-order chi connectivity index (χ0) is 17.8. The summed E-state index contributed by atoms with van der Waals surface area (Å²) in [7, 11) is 0. The van der Waals surface area contributed by atoms with Crippen LogP contribution in [0.1, 0.15) is 16.1 Å². The molecule has 0 atom stereocenters. The molecule has 0 unspecified atom stereocenters. The van der Waals surface area contributed by atoms with Gasteiger partial charge in [0.05, 0.1) is 11.8 Å². The Kier molecular flexibility index (Phi) is 5.21. The van der Waals surface area contributed by atoms with Gasteiger partial charge in [-0.25, -0.2) is 5.43 Å². The van der Waals surface area contributed by atoms with Gasteiger partial charge >= 0.3 is 0 Å². The SMILES string of the molecule is O=C(NN=Cc1ccc(-c2ccc(Cl)cc2)o1)c1cc(Br)ccc1O. The lowest BCUT2D eigenvalue weighted by Crippen LogP contribution is -2.17. The van der Waals surface area contributed by atoms with E-state index in [0.29, 0.717) is 21.0 Å². The number of benzene rings is 2. The number of halogens is 2. The molecule has 5 nitrogen and oxygen atoms in total. The highest BCUT2D eigenvalue weighted by Crippen LogP contribution is 2.23. The van der Waals surface area contributed by atoms with Crippen LogP contribution in [0.15, 0.2) is 68.6 Å². The lowest BCUT2D eigenvalue weighted by molar-refractivity contribution is 0.0952. The number of hydrogen-bond acceptors (Lipinski definition) is 4. The van der Waals surface area contributed by atoms with E-state index in [-0.39, 0.29) is 11.3 Å². The molecule has 0 fully saturated rings. The van der Waals surface area contributed by atoms with Gasteiger partial charge in [-0.2, -0.15) is 5.10 Å². The van der Waals surface area contributed by atoms with E-state index in [4.69, 9.17) is 16.0 Å². The number of carbonyl (C=O) groups excluding carboxylic acids is 1. The quantitative estimate of drug-likeness (QED) is 0.470. The zero-order valence-electron chi connectivity index (χ0n) is 12.7. The van der Waals surface area contributed by atoms with E-state index < -0.39 is 5.91 Å². The minimum Gasteiger partial charge on any atom is -0.507 e. The number of phenolic OH excluding ortho intramolecular Hbond substituents is 1. The Labute approximate surface area is 157 Å². The van der Waals surface area contributed by atoms with Gasteiger partial charge in [-0.15, -0.1) is 0 Å². The maximum atomic E-state index is 12.0. The fraction of sp³-hybridized carbons (Fsp3) is 0. The molecule has 0 radical (unpaired) electrons. The molecular formula is C18H12BrClN2O3. The van der Waals surface area contributed by atoms with Crippen LogP contribution < -0.4 is 5.43 Å². The molecule has 1 heterocycles. The highest BCUT2D eigenvalue weighted by Gasteiger charge is 2.10. The van der Waals surface area contributed by atoms with Gasteiger partial charge in [0.15, 0.2) is 0 Å². The number of rotatable bonds is 4. The van der Waals surface area contributed by atoms with Gasteiger partial charge in [-0.3, -0.25) is 4.79 Å². The van der Waals surface area contributed by atoms with Crippen LogP contribution >= 0.6 is 27.5 Å². The Balaban J connectivity index is 1.67. The average Bonchev–Trinajstić information content (AvgIpc) is 3.06. The lowest BCUT2D eigenvalue weighted by Gasteiger charge is -2.03. The Morgan fingerprint density at radius 2 is 1.92 bits per heavy atom. The average molecular weight is 420 g/mol. The molecule has 0 aliphatic heterocycles. The largest absolute Gasteiger partial charge is 0.507 e. The van der Waals surface area contributed by atoms with Crippen molar-refractivity contribution >= 4 is 39.7 Å². The number of nitrogens with one attached hydrogen (secondary N) is 1. The van der Waals surface area contributed by atoms with Crippen molar-refractivity contribution in [3.8, 4) is 17.1 Å². The van der Waals surface area contributed by atoms with Crippen LogP contribution in [0.3, 0.4) is 0 Å². The summed E-state index contributed by atoms with van der Waals surface area (Å²) in [4.78, 5) is 12.0. The summed E-state index contributed by atoms with van der Waals surface area (Å²) in [6.07, 6.45) is 1.38. The monoisotopic (exact) mass is 418 g/mol. The first-order valence-electron chi connectivity index (χ1n) is 7.20. The van der Waals surface area contributed by atoms with E-state index in [1.54, 1.807) is 30.3 Å². The molecule has 7 heteroatoms. The van der Waals surface area contributed by atoms with Crippen molar-refractivity contribution in [2.45, 2.75) is 0 Å². The molecule has 0 saturated heterocycles. The molecule has 2 aromatic carbocycles. The smallest absolute Gasteiger partial charge is 0.275 e. The van der Waals surface area contributed by atoms with Crippen molar-refractivity contribution in [3.05, 3.63) is 75.4 Å². The first-order valence-corrected chi connectivity index (χ1v) is 8.38. The van der Waals surface area contributed by atoms with Crippen molar-refractivity contribution in [2.75, 3.05) is 0 Å². The minimum absolute atomic E-state index is 0.118. The van der Waals surface area contributed by atoms with Gasteiger partial charge in [-0.1, -0.05) is 27.5 Å². The van der Waals surface area contributed by atoms with E-state index in [9.17, 15) is 9.90 Å². The fourth-order valence-corrected chi connectivity index (χ4v) is 2.58. The molecular weight excluding hydrogens is 408 g/mol. The van der Waals surface area contributed by atoms with Crippen molar-refractivity contribution in [2.24, 2.45) is 5.10 Å². The van der Waals surface area contributed by atoms with Crippen LogP contribution in [0.2, 0.25) is 5.02 Å². The lowest BCUT2D eigenvalue weighted by atomic mass is 10.2. The maximum Gasteiger partial charge on any atom is 0.275 e. The van der Waals surface area contributed by atoms with Crippen LogP contribution in [0.5, 0.6) is 5.75 Å². The van der Waals surface area contributed by atoms with Crippen LogP contribution in [0, 0.1) is 0 Å². The number of carbonyl (C=O) groups is 1. The van der Waals surface area contributed by atoms with Gasteiger partial charge < -0.3 is 9.52 Å². The van der Waals surface area contributed by atoms with E-state index >= 15 is 0 Å². The second-order valence-corrected chi connectivity index (χ2v) is 6.42. The number of aromatic hydroxyl groups is 1. The van der Waals surface area contributed by atoms with Gasteiger partial charge in [0.25, 0.3) is 5.91 Å². The van der Waals surface area contributed by atoms with Gasteiger partial charge in [-0.05, 0) is 54.6 Å². The second kappa shape index (κ2) is 7.55. The molecule has 0 aliphatic rings. The first kappa shape index (κ1) is 17.3. The van der Waals surface area contributed by atoms with Gasteiger partial charge in [0, 0.05) is 15.1 Å². The molecule has 2 N–H and O–H groups in total. The summed E-state index contributed by atoms with van der Waals surface area (Å²) in [5.41, 5.74) is 3.34. The number of nitrogens with zero attached hydrogens (tertiary/aromatic N) is 1. The highest BCUT2D eigenvalue weighted by molar-refractivity contribution is 9.10. The Morgan fingerprint density at radius 3 is 2.68 bits per heavy atom. The van der Waals surface area contributed by atoms with Gasteiger partial charge in [0.2, 0.25) is 0 Å². The molecule has 0 saturated carbocycles. The number of phenols is 1. The summed E-state index contributed by atoms with van der Waals surface area (Å²) < 4.78 is 6.32. The summed E-state index contributed by atoms with van der Waals surface area (Å²) in [5.74, 6) is 0.483. The van der Waals surface area contributed by atoms with Crippen molar-refractivity contribution in [3.63, 3.8) is 0 Å². The van der Waals surface area contributed by atoms with E-state index in [1.807, 2.05) is 12.1 Å². The summed E-state index contributed by atoms with van der Waals surface area (Å²) in [6.45, 7) is 0. The molecule has 3 aromatic rings. The van der Waals surface area contributed by atoms with E-state index in [2.05, 4.69) is 26.5 Å². The first-order chi connectivity index (χ1) is 12.0. The molecule has 126 valence electrons. The van der Waals surface area contributed by atoms with Gasteiger partial charge in [0.1, 0.15) is 17.3 Å².